The number of thioether (sulfide) groups is 1. The second kappa shape index (κ2) is 10.2. The molecule has 2 aromatic rings. The quantitative estimate of drug-likeness (QED) is 0.701. The number of nitrogens with one attached hydrogen (secondary N) is 1. The molecule has 0 bridgehead atoms. The first-order valence-corrected chi connectivity index (χ1v) is 10.2. The van der Waals surface area contributed by atoms with Gasteiger partial charge in [-0.2, -0.15) is 0 Å². The van der Waals surface area contributed by atoms with Gasteiger partial charge in [0.25, 0.3) is 0 Å². The van der Waals surface area contributed by atoms with Crippen LogP contribution in [0.2, 0.25) is 0 Å². The molecule has 2 amide bonds. The molecule has 2 rings (SSSR count). The molecule has 1 N–H and O–H groups in total. The number of nitrogens with zero attached hydrogens (tertiary/aromatic N) is 1. The number of carbonyl (C=O) groups is 2. The van der Waals surface area contributed by atoms with Crippen LogP contribution in [0.1, 0.15) is 30.5 Å². The van der Waals surface area contributed by atoms with Gasteiger partial charge in [-0.15, -0.1) is 11.8 Å². The number of benzene rings is 2. The summed E-state index contributed by atoms with van der Waals surface area (Å²) in [6.45, 7) is 8.70. The second-order valence-corrected chi connectivity index (χ2v) is 7.73. The minimum absolute atomic E-state index is 0.0409. The first-order chi connectivity index (χ1) is 12.9. The van der Waals surface area contributed by atoms with Crippen molar-refractivity contribution in [3.05, 3.63) is 65.2 Å². The zero-order valence-electron chi connectivity index (χ0n) is 16.5. The molecule has 0 saturated heterocycles. The van der Waals surface area contributed by atoms with E-state index in [1.807, 2.05) is 63.2 Å². The van der Waals surface area contributed by atoms with Crippen LogP contribution in [-0.4, -0.2) is 35.1 Å². The van der Waals surface area contributed by atoms with Crippen LogP contribution in [-0.2, 0) is 16.1 Å². The highest BCUT2D eigenvalue weighted by Gasteiger charge is 2.25. The van der Waals surface area contributed by atoms with Crippen molar-refractivity contribution in [3.63, 3.8) is 0 Å². The van der Waals surface area contributed by atoms with Crippen LogP contribution in [0.15, 0.2) is 53.4 Å². The Labute approximate surface area is 166 Å². The van der Waals surface area contributed by atoms with Crippen LogP contribution in [0, 0.1) is 13.8 Å². The van der Waals surface area contributed by atoms with Crippen molar-refractivity contribution in [1.29, 1.82) is 0 Å². The van der Waals surface area contributed by atoms with E-state index in [9.17, 15) is 9.59 Å². The molecule has 1 atom stereocenters. The van der Waals surface area contributed by atoms with Crippen LogP contribution in [0.5, 0.6) is 0 Å². The van der Waals surface area contributed by atoms with Gasteiger partial charge in [0.05, 0.1) is 5.75 Å². The van der Waals surface area contributed by atoms with Gasteiger partial charge in [-0.1, -0.05) is 47.5 Å². The van der Waals surface area contributed by atoms with Crippen LogP contribution in [0.3, 0.4) is 0 Å². The van der Waals surface area contributed by atoms with Crippen LogP contribution < -0.4 is 5.32 Å². The smallest absolute Gasteiger partial charge is 0.242 e. The molecule has 0 heterocycles. The summed E-state index contributed by atoms with van der Waals surface area (Å²) in [4.78, 5) is 28.0. The zero-order valence-corrected chi connectivity index (χ0v) is 17.3. The average molecular weight is 385 g/mol. The standard InChI is InChI=1S/C22H28N2O2S/c1-5-23-22(26)18(4)24(14-19-8-6-7-17(3)13-19)21(25)15-27-20-11-9-16(2)10-12-20/h6-13,18H,5,14-15H2,1-4H3,(H,23,26)/t18-/m0/s1. The normalized spacial score (nSPS) is 11.7. The lowest BCUT2D eigenvalue weighted by molar-refractivity contribution is -0.138. The molecular weight excluding hydrogens is 356 g/mol. The molecule has 5 heteroatoms. The van der Waals surface area contributed by atoms with E-state index < -0.39 is 6.04 Å². The molecule has 0 unspecified atom stereocenters. The Hall–Kier alpha value is -2.27. The Morgan fingerprint density at radius 2 is 1.78 bits per heavy atom. The van der Waals surface area contributed by atoms with E-state index >= 15 is 0 Å². The Kier molecular flexibility index (Phi) is 7.92. The van der Waals surface area contributed by atoms with E-state index in [4.69, 9.17) is 0 Å². The first kappa shape index (κ1) is 21.0. The highest BCUT2D eigenvalue weighted by Crippen LogP contribution is 2.20. The number of hydrogen-bond donors (Lipinski definition) is 1. The van der Waals surface area contributed by atoms with Gasteiger partial charge < -0.3 is 10.2 Å². The van der Waals surface area contributed by atoms with Crippen molar-refractivity contribution < 1.29 is 9.59 Å². The molecule has 0 aliphatic heterocycles. The van der Waals surface area contributed by atoms with E-state index in [0.29, 0.717) is 18.8 Å². The molecule has 0 aliphatic rings. The predicted molar refractivity (Wildman–Crippen MR) is 112 cm³/mol. The van der Waals surface area contributed by atoms with Crippen molar-refractivity contribution in [1.82, 2.24) is 10.2 Å². The topological polar surface area (TPSA) is 49.4 Å². The van der Waals surface area contributed by atoms with Crippen LogP contribution >= 0.6 is 11.8 Å². The van der Waals surface area contributed by atoms with Gasteiger partial charge >= 0.3 is 0 Å². The summed E-state index contributed by atoms with van der Waals surface area (Å²) in [5.41, 5.74) is 3.36. The van der Waals surface area contributed by atoms with Crippen molar-refractivity contribution in [2.24, 2.45) is 0 Å². The minimum atomic E-state index is -0.517. The average Bonchev–Trinajstić information content (AvgIpc) is 2.65. The maximum atomic E-state index is 12.9. The molecule has 4 nitrogen and oxygen atoms in total. The monoisotopic (exact) mass is 384 g/mol. The molecule has 0 fully saturated rings. The summed E-state index contributed by atoms with van der Waals surface area (Å²) in [5, 5.41) is 2.82. The molecule has 27 heavy (non-hydrogen) atoms. The number of aryl methyl sites for hydroxylation is 2. The van der Waals surface area contributed by atoms with E-state index in [-0.39, 0.29) is 11.8 Å². The predicted octanol–water partition coefficient (Wildman–Crippen LogP) is 3.95. The largest absolute Gasteiger partial charge is 0.355 e. The minimum Gasteiger partial charge on any atom is -0.355 e. The van der Waals surface area contributed by atoms with Gasteiger partial charge in [-0.3, -0.25) is 9.59 Å². The Bertz CT molecular complexity index is 774. The highest BCUT2D eigenvalue weighted by atomic mass is 32.2. The molecule has 2 aromatic carbocycles. The van der Waals surface area contributed by atoms with E-state index in [0.717, 1.165) is 16.0 Å². The van der Waals surface area contributed by atoms with Crippen molar-refractivity contribution in [2.45, 2.75) is 45.2 Å². The number of amides is 2. The molecular formula is C22H28N2O2S. The van der Waals surface area contributed by atoms with Gasteiger partial charge in [0.2, 0.25) is 11.8 Å². The maximum Gasteiger partial charge on any atom is 0.242 e. The number of likely N-dealkylation sites (N-methyl/N-ethyl adjacent to an activating group) is 1. The highest BCUT2D eigenvalue weighted by molar-refractivity contribution is 8.00. The lowest BCUT2D eigenvalue weighted by Gasteiger charge is -2.28. The third kappa shape index (κ3) is 6.43. The lowest BCUT2D eigenvalue weighted by atomic mass is 10.1. The van der Waals surface area contributed by atoms with Crippen molar-refractivity contribution in [2.75, 3.05) is 12.3 Å². The molecule has 0 radical (unpaired) electrons. The lowest BCUT2D eigenvalue weighted by Crippen LogP contribution is -2.48. The van der Waals surface area contributed by atoms with Gasteiger partial charge in [0.15, 0.2) is 0 Å². The Morgan fingerprint density at radius 1 is 1.07 bits per heavy atom. The first-order valence-electron chi connectivity index (χ1n) is 9.23. The maximum absolute atomic E-state index is 12.9. The summed E-state index contributed by atoms with van der Waals surface area (Å²) in [5.74, 6) is 0.137. The third-order valence-electron chi connectivity index (χ3n) is 4.34. The summed E-state index contributed by atoms with van der Waals surface area (Å²) in [6.07, 6.45) is 0. The fraction of sp³-hybridized carbons (Fsp3) is 0.364. The summed E-state index contributed by atoms with van der Waals surface area (Å²) < 4.78 is 0. The second-order valence-electron chi connectivity index (χ2n) is 6.68. The van der Waals surface area contributed by atoms with Gasteiger partial charge in [0, 0.05) is 18.0 Å². The Balaban J connectivity index is 2.12. The molecule has 0 spiro atoms. The fourth-order valence-corrected chi connectivity index (χ4v) is 3.56. The zero-order chi connectivity index (χ0) is 19.8. The number of carbonyl (C=O) groups excluding carboxylic acids is 2. The van der Waals surface area contributed by atoms with Gasteiger partial charge in [0.1, 0.15) is 6.04 Å². The SMILES string of the molecule is CCNC(=O)[C@H](C)N(Cc1cccc(C)c1)C(=O)CSc1ccc(C)cc1. The van der Waals surface area contributed by atoms with E-state index in [2.05, 4.69) is 11.4 Å². The molecule has 0 aromatic heterocycles. The molecule has 144 valence electrons. The molecule has 0 saturated carbocycles. The van der Waals surface area contributed by atoms with E-state index in [1.165, 1.54) is 17.3 Å². The van der Waals surface area contributed by atoms with Crippen molar-refractivity contribution >= 4 is 23.6 Å². The van der Waals surface area contributed by atoms with E-state index in [1.54, 1.807) is 11.8 Å². The molecule has 0 aliphatic carbocycles. The van der Waals surface area contributed by atoms with Gasteiger partial charge in [-0.25, -0.2) is 0 Å². The summed E-state index contributed by atoms with van der Waals surface area (Å²) in [6, 6.07) is 15.6. The number of hydrogen-bond acceptors (Lipinski definition) is 3. The van der Waals surface area contributed by atoms with Crippen LogP contribution in [0.25, 0.3) is 0 Å². The van der Waals surface area contributed by atoms with Gasteiger partial charge in [-0.05, 0) is 45.4 Å². The van der Waals surface area contributed by atoms with Crippen LogP contribution in [0.4, 0.5) is 0 Å². The Morgan fingerprint density at radius 3 is 2.41 bits per heavy atom. The number of rotatable bonds is 8. The van der Waals surface area contributed by atoms with Crippen molar-refractivity contribution in [3.8, 4) is 0 Å². The fourth-order valence-electron chi connectivity index (χ4n) is 2.77. The summed E-state index contributed by atoms with van der Waals surface area (Å²) in [7, 11) is 0. The summed E-state index contributed by atoms with van der Waals surface area (Å²) >= 11 is 1.50. The third-order valence-corrected chi connectivity index (χ3v) is 5.33.